The smallest absolute Gasteiger partial charge is 0.0640 e. The fourth-order valence-corrected chi connectivity index (χ4v) is 1.56. The molecule has 14 heavy (non-hydrogen) atoms. The van der Waals surface area contributed by atoms with E-state index in [4.69, 9.17) is 0 Å². The number of aryl methyl sites for hydroxylation is 1. The molecule has 0 aliphatic rings. The summed E-state index contributed by atoms with van der Waals surface area (Å²) >= 11 is 1.75. The second kappa shape index (κ2) is 5.37. The lowest BCUT2D eigenvalue weighted by Crippen LogP contribution is -2.31. The first-order valence-electron chi connectivity index (χ1n) is 4.34. The predicted molar refractivity (Wildman–Crippen MR) is 66.8 cm³/mol. The normalized spacial score (nSPS) is 11.4. The molecule has 0 fully saturated rings. The minimum Gasteiger partial charge on any atom is -0.305 e. The lowest BCUT2D eigenvalue weighted by molar-refractivity contribution is 0.442. The second-order valence-corrected chi connectivity index (χ2v) is 5.39. The molecule has 1 N–H and O–H groups in total. The maximum Gasteiger partial charge on any atom is 0.0640 e. The third kappa shape index (κ3) is 5.25. The minimum absolute atomic E-state index is 0. The zero-order valence-corrected chi connectivity index (χ0v) is 10.6. The van der Waals surface area contributed by atoms with Crippen molar-refractivity contribution in [2.45, 2.75) is 33.2 Å². The molecule has 1 heterocycles. The largest absolute Gasteiger partial charge is 0.305 e. The van der Waals surface area contributed by atoms with Gasteiger partial charge in [0.05, 0.1) is 6.21 Å². The Bertz CT molecular complexity index is 299. The van der Waals surface area contributed by atoms with Crippen LogP contribution < -0.4 is 5.43 Å². The molecule has 1 rings (SSSR count). The van der Waals surface area contributed by atoms with E-state index < -0.39 is 0 Å². The van der Waals surface area contributed by atoms with Gasteiger partial charge in [0, 0.05) is 15.3 Å². The van der Waals surface area contributed by atoms with Gasteiger partial charge < -0.3 is 5.43 Å². The number of nitrogens with one attached hydrogen (secondary N) is 1. The number of hydrogen-bond acceptors (Lipinski definition) is 3. The molecule has 1 aromatic rings. The van der Waals surface area contributed by atoms with Crippen molar-refractivity contribution in [1.29, 1.82) is 0 Å². The first-order valence-corrected chi connectivity index (χ1v) is 5.16. The summed E-state index contributed by atoms with van der Waals surface area (Å²) in [6, 6.07) is 4.18. The van der Waals surface area contributed by atoms with Gasteiger partial charge in [0.15, 0.2) is 0 Å². The van der Waals surface area contributed by atoms with Gasteiger partial charge >= 0.3 is 0 Å². The van der Waals surface area contributed by atoms with Gasteiger partial charge in [-0.3, -0.25) is 0 Å². The number of thiophene rings is 1. The number of nitrogens with zero attached hydrogens (tertiary/aromatic N) is 1. The van der Waals surface area contributed by atoms with Crippen molar-refractivity contribution >= 4 is 30.0 Å². The van der Waals surface area contributed by atoms with Gasteiger partial charge in [0.1, 0.15) is 0 Å². The van der Waals surface area contributed by atoms with Crippen LogP contribution in [0.4, 0.5) is 0 Å². The molecule has 80 valence electrons. The lowest BCUT2D eigenvalue weighted by Gasteiger charge is -2.16. The molecule has 4 heteroatoms. The van der Waals surface area contributed by atoms with E-state index in [2.05, 4.69) is 50.4 Å². The monoisotopic (exact) mass is 232 g/mol. The highest BCUT2D eigenvalue weighted by molar-refractivity contribution is 7.13. The van der Waals surface area contributed by atoms with Crippen molar-refractivity contribution in [3.05, 3.63) is 21.9 Å². The van der Waals surface area contributed by atoms with Crippen molar-refractivity contribution in [2.75, 3.05) is 0 Å². The number of halogens is 1. The molecule has 0 saturated heterocycles. The SMILES string of the molecule is Cc1ccc(C=NNC(C)(C)C)s1.Cl. The summed E-state index contributed by atoms with van der Waals surface area (Å²) in [6.45, 7) is 8.36. The summed E-state index contributed by atoms with van der Waals surface area (Å²) in [4.78, 5) is 2.51. The minimum atomic E-state index is 0. The van der Waals surface area contributed by atoms with Gasteiger partial charge in [0.25, 0.3) is 0 Å². The second-order valence-electron chi connectivity index (χ2n) is 4.07. The number of hydrogen-bond donors (Lipinski definition) is 1. The summed E-state index contributed by atoms with van der Waals surface area (Å²) in [5.74, 6) is 0. The van der Waals surface area contributed by atoms with Gasteiger partial charge in [-0.2, -0.15) is 5.10 Å². The third-order valence-corrected chi connectivity index (χ3v) is 2.29. The Hall–Kier alpha value is -0.540. The average Bonchev–Trinajstić information content (AvgIpc) is 2.33. The molecule has 0 spiro atoms. The maximum absolute atomic E-state index is 4.16. The number of rotatable bonds is 2. The molecule has 0 aromatic carbocycles. The molecule has 0 aliphatic carbocycles. The molecule has 0 bridgehead atoms. The Morgan fingerprint density at radius 2 is 2.00 bits per heavy atom. The van der Waals surface area contributed by atoms with Crippen LogP contribution in [0.25, 0.3) is 0 Å². The van der Waals surface area contributed by atoms with E-state index in [9.17, 15) is 0 Å². The topological polar surface area (TPSA) is 24.4 Å². The molecular formula is C10H17ClN2S. The lowest BCUT2D eigenvalue weighted by atomic mass is 10.1. The fourth-order valence-electron chi connectivity index (χ4n) is 0.812. The Morgan fingerprint density at radius 3 is 2.43 bits per heavy atom. The van der Waals surface area contributed by atoms with Gasteiger partial charge in [-0.1, -0.05) is 0 Å². The van der Waals surface area contributed by atoms with E-state index >= 15 is 0 Å². The predicted octanol–water partition coefficient (Wildman–Crippen LogP) is 3.20. The zero-order valence-electron chi connectivity index (χ0n) is 9.00. The zero-order chi connectivity index (χ0) is 9.90. The van der Waals surface area contributed by atoms with Crippen LogP contribution in [0.2, 0.25) is 0 Å². The Labute approximate surface area is 95.8 Å². The van der Waals surface area contributed by atoms with E-state index in [-0.39, 0.29) is 17.9 Å². The molecule has 0 aliphatic heterocycles. The van der Waals surface area contributed by atoms with Crippen LogP contribution in [-0.4, -0.2) is 11.8 Å². The van der Waals surface area contributed by atoms with Crippen LogP contribution >= 0.6 is 23.7 Å². The fraction of sp³-hybridized carbons (Fsp3) is 0.500. The Kier molecular flexibility index (Phi) is 5.16. The maximum atomic E-state index is 4.16. The summed E-state index contributed by atoms with van der Waals surface area (Å²) < 4.78 is 0. The standard InChI is InChI=1S/C10H16N2S.ClH/c1-8-5-6-9(13-8)7-11-12-10(2,3)4;/h5-7,12H,1-4H3;1H. The Morgan fingerprint density at radius 1 is 1.36 bits per heavy atom. The van der Waals surface area contributed by atoms with Crippen molar-refractivity contribution < 1.29 is 0 Å². The summed E-state index contributed by atoms with van der Waals surface area (Å²) in [6.07, 6.45) is 1.86. The van der Waals surface area contributed by atoms with Gasteiger partial charge in [-0.15, -0.1) is 23.7 Å². The van der Waals surface area contributed by atoms with Gasteiger partial charge in [0.2, 0.25) is 0 Å². The van der Waals surface area contributed by atoms with Crippen molar-refractivity contribution in [2.24, 2.45) is 5.10 Å². The van der Waals surface area contributed by atoms with E-state index in [0.29, 0.717) is 0 Å². The highest BCUT2D eigenvalue weighted by atomic mass is 35.5. The van der Waals surface area contributed by atoms with E-state index in [1.807, 2.05) is 6.21 Å². The molecule has 0 unspecified atom stereocenters. The van der Waals surface area contributed by atoms with Gasteiger partial charge in [-0.05, 0) is 39.8 Å². The van der Waals surface area contributed by atoms with E-state index in [1.165, 1.54) is 9.75 Å². The first-order chi connectivity index (χ1) is 5.97. The summed E-state index contributed by atoms with van der Waals surface area (Å²) in [7, 11) is 0. The third-order valence-electron chi connectivity index (χ3n) is 1.35. The average molecular weight is 233 g/mol. The van der Waals surface area contributed by atoms with E-state index in [0.717, 1.165) is 0 Å². The number of hydrazone groups is 1. The summed E-state index contributed by atoms with van der Waals surface area (Å²) in [5.41, 5.74) is 3.10. The molecule has 0 amide bonds. The highest BCUT2D eigenvalue weighted by Crippen LogP contribution is 2.12. The van der Waals surface area contributed by atoms with Crippen molar-refractivity contribution in [3.63, 3.8) is 0 Å². The highest BCUT2D eigenvalue weighted by Gasteiger charge is 2.05. The van der Waals surface area contributed by atoms with Crippen molar-refractivity contribution in [1.82, 2.24) is 5.43 Å². The van der Waals surface area contributed by atoms with Crippen LogP contribution in [0, 0.1) is 6.92 Å². The summed E-state index contributed by atoms with van der Waals surface area (Å²) in [5, 5.41) is 4.16. The van der Waals surface area contributed by atoms with E-state index in [1.54, 1.807) is 11.3 Å². The molecule has 1 aromatic heterocycles. The van der Waals surface area contributed by atoms with Crippen LogP contribution in [0.5, 0.6) is 0 Å². The molecular weight excluding hydrogens is 216 g/mol. The molecule has 0 saturated carbocycles. The van der Waals surface area contributed by atoms with Crippen molar-refractivity contribution in [3.8, 4) is 0 Å². The quantitative estimate of drug-likeness (QED) is 0.615. The van der Waals surface area contributed by atoms with Gasteiger partial charge in [-0.25, -0.2) is 0 Å². The van der Waals surface area contributed by atoms with Crippen LogP contribution in [0.1, 0.15) is 30.5 Å². The Balaban J connectivity index is 0.00000169. The van der Waals surface area contributed by atoms with Crippen LogP contribution in [0.15, 0.2) is 17.2 Å². The van der Waals surface area contributed by atoms with Crippen LogP contribution in [0.3, 0.4) is 0 Å². The molecule has 0 atom stereocenters. The van der Waals surface area contributed by atoms with Crippen LogP contribution in [-0.2, 0) is 0 Å². The first kappa shape index (κ1) is 13.5. The molecule has 2 nitrogen and oxygen atoms in total. The molecule has 0 radical (unpaired) electrons.